The smallest absolute Gasteiger partial charge is 0.255 e. The van der Waals surface area contributed by atoms with Gasteiger partial charge >= 0.3 is 0 Å². The highest BCUT2D eigenvalue weighted by Gasteiger charge is 2.43. The van der Waals surface area contributed by atoms with E-state index in [1.807, 2.05) is 34.6 Å². The van der Waals surface area contributed by atoms with Gasteiger partial charge in [0.25, 0.3) is 11.8 Å². The third-order valence-electron chi connectivity index (χ3n) is 12.6. The summed E-state index contributed by atoms with van der Waals surface area (Å²) in [6.45, 7) is 12.2. The fourth-order valence-corrected chi connectivity index (χ4v) is 9.15. The van der Waals surface area contributed by atoms with Crippen molar-refractivity contribution in [1.29, 1.82) is 0 Å². The lowest BCUT2D eigenvalue weighted by Gasteiger charge is -2.30. The predicted molar refractivity (Wildman–Crippen MR) is 281 cm³/mol. The summed E-state index contributed by atoms with van der Waals surface area (Å²) >= 11 is 6.41. The quantitative estimate of drug-likeness (QED) is 0.0345. The summed E-state index contributed by atoms with van der Waals surface area (Å²) in [7, 11) is 1.44. The number of methoxy groups -OCH3 is 2. The molecule has 2 aliphatic rings. The average molecular weight is 1090 g/mol. The van der Waals surface area contributed by atoms with Gasteiger partial charge in [0.2, 0.25) is 0 Å². The van der Waals surface area contributed by atoms with Gasteiger partial charge in [0.15, 0.2) is 64.4 Å². The molecule has 408 valence electrons. The number of ketones is 2. The van der Waals surface area contributed by atoms with Crippen molar-refractivity contribution in [3.63, 3.8) is 0 Å². The summed E-state index contributed by atoms with van der Waals surface area (Å²) in [6, 6.07) is 18.3. The van der Waals surface area contributed by atoms with Gasteiger partial charge in [0.1, 0.15) is 35.9 Å². The van der Waals surface area contributed by atoms with E-state index in [-0.39, 0.29) is 103 Å². The highest BCUT2D eigenvalue weighted by molar-refractivity contribution is 7.84. The Morgan fingerprint density at radius 3 is 1.67 bits per heavy atom. The Labute approximate surface area is 447 Å². The molecule has 5 unspecified atom stereocenters. The van der Waals surface area contributed by atoms with Crippen molar-refractivity contribution in [2.75, 3.05) is 40.6 Å². The number of carbonyl (C=O) groups is 4. The summed E-state index contributed by atoms with van der Waals surface area (Å²) in [6.07, 6.45) is 0.104. The summed E-state index contributed by atoms with van der Waals surface area (Å²) in [5, 5.41) is 22.8. The molecule has 0 aliphatic carbocycles. The van der Waals surface area contributed by atoms with E-state index in [1.165, 1.54) is 50.6 Å². The number of ether oxygens (including phenoxy) is 6. The zero-order chi connectivity index (χ0) is 56.1. The summed E-state index contributed by atoms with van der Waals surface area (Å²) in [4.78, 5) is 56.9. The lowest BCUT2D eigenvalue weighted by molar-refractivity contribution is -0.120. The van der Waals surface area contributed by atoms with Crippen LogP contribution in [-0.4, -0.2) is 93.2 Å². The maximum absolute atomic E-state index is 13.5. The Kier molecular flexibility index (Phi) is 17.9. The Morgan fingerprint density at radius 2 is 1.20 bits per heavy atom. The molecule has 76 heavy (non-hydrogen) atoms. The predicted octanol–water partition coefficient (Wildman–Crippen LogP) is 6.34. The number of pyridine rings is 2. The molecule has 0 spiro atoms. The molecule has 0 fully saturated rings. The van der Waals surface area contributed by atoms with E-state index in [0.29, 0.717) is 50.7 Å². The minimum absolute atomic E-state index is 0.00131. The number of aromatic nitrogens is 2. The molecule has 22 heteroatoms. The van der Waals surface area contributed by atoms with Crippen molar-refractivity contribution in [2.45, 2.75) is 101 Å². The third kappa shape index (κ3) is 13.8. The molecule has 9 N–H and O–H groups in total. The topological polar surface area (TPSA) is 297 Å². The number of nitrogens with zero attached hydrogens (tertiary/aromatic N) is 2. The van der Waals surface area contributed by atoms with Crippen molar-refractivity contribution in [3.8, 4) is 45.8 Å². The van der Waals surface area contributed by atoms with Gasteiger partial charge in [0, 0.05) is 40.7 Å². The molecular formula is C54H64ClFN6O13S. The van der Waals surface area contributed by atoms with Gasteiger partial charge in [-0.15, -0.1) is 0 Å². The normalized spacial score (nSPS) is 18.4. The highest BCUT2D eigenvalue weighted by Crippen LogP contribution is 2.46. The summed E-state index contributed by atoms with van der Waals surface area (Å²) in [5.41, 5.74) is 15.7. The number of carbonyl (C=O) groups excluding carboxylic acids is 4. The van der Waals surface area contributed by atoms with Gasteiger partial charge in [-0.25, -0.2) is 23.3 Å². The molecular weight excluding hydrogens is 1030 g/mol. The molecule has 5 atom stereocenters. The van der Waals surface area contributed by atoms with Crippen LogP contribution in [0.25, 0.3) is 11.3 Å². The molecule has 7 rings (SSSR count). The molecule has 0 radical (unpaired) electrons. The largest absolute Gasteiger partial charge is 0.493 e. The van der Waals surface area contributed by atoms with E-state index in [4.69, 9.17) is 57.2 Å². The number of benzene rings is 3. The lowest BCUT2D eigenvalue weighted by atomic mass is 9.88. The minimum atomic E-state index is -1.50. The number of fused-ring (bicyclic) bond motifs is 2. The van der Waals surface area contributed by atoms with E-state index < -0.39 is 49.8 Å². The molecule has 0 saturated heterocycles. The maximum Gasteiger partial charge on any atom is 0.255 e. The van der Waals surface area contributed by atoms with E-state index in [2.05, 4.69) is 14.7 Å². The first-order valence-corrected chi connectivity index (χ1v) is 25.5. The number of halogens is 2. The number of hydrogen-bond acceptors (Lipinski definition) is 16. The number of rotatable bonds is 21. The fraction of sp³-hybridized carbons (Fsp3) is 0.407. The molecule has 2 aromatic heterocycles. The molecule has 5 aromatic rings. The first-order chi connectivity index (χ1) is 35.5. The van der Waals surface area contributed by atoms with Crippen LogP contribution >= 0.6 is 11.6 Å². The van der Waals surface area contributed by atoms with Crippen LogP contribution in [0.3, 0.4) is 0 Å². The van der Waals surface area contributed by atoms with Crippen LogP contribution in [0.1, 0.15) is 117 Å². The van der Waals surface area contributed by atoms with Crippen LogP contribution < -0.4 is 50.3 Å². The van der Waals surface area contributed by atoms with Gasteiger partial charge in [-0.1, -0.05) is 11.6 Å². The van der Waals surface area contributed by atoms with Crippen molar-refractivity contribution >= 4 is 46.0 Å². The van der Waals surface area contributed by atoms with E-state index in [0.717, 1.165) is 0 Å². The second-order valence-corrected chi connectivity index (χ2v) is 22.7. The van der Waals surface area contributed by atoms with Crippen LogP contribution in [0, 0.1) is 5.82 Å². The van der Waals surface area contributed by atoms with Crippen molar-refractivity contribution < 1.29 is 66.4 Å². The van der Waals surface area contributed by atoms with Crippen molar-refractivity contribution in [2.24, 2.45) is 17.2 Å². The number of hydrogen-bond donors (Lipinski definition) is 6. The van der Waals surface area contributed by atoms with Gasteiger partial charge in [-0.2, -0.15) is 0 Å². The zero-order valence-corrected chi connectivity index (χ0v) is 45.3. The van der Waals surface area contributed by atoms with Gasteiger partial charge < -0.3 is 55.8 Å². The second kappa shape index (κ2) is 23.2. The SMILES string of the molecule is COc1cc(C(=O)CCC(C)(O)c2cc3c(c(-c4ccc(F)cc4)n2)OCC3(C)N)ccc1OCC(N)=O.COc1cc(C(=O)CCC(C)(O)c2cc3c(c(Cl)n2)OCC3(C)NS(=O)C(C)(C)C)ccc1OCC(N)=O. The van der Waals surface area contributed by atoms with Crippen LogP contribution in [0.5, 0.6) is 34.5 Å². The van der Waals surface area contributed by atoms with E-state index >= 15 is 0 Å². The van der Waals surface area contributed by atoms with Crippen molar-refractivity contribution in [1.82, 2.24) is 14.7 Å². The molecule has 0 saturated carbocycles. The monoisotopic (exact) mass is 1090 g/mol. The van der Waals surface area contributed by atoms with Gasteiger partial charge in [0.05, 0.1) is 52.4 Å². The lowest BCUT2D eigenvalue weighted by Crippen LogP contribution is -2.47. The molecule has 2 aliphatic heterocycles. The minimum Gasteiger partial charge on any atom is -0.493 e. The Bertz CT molecular complexity index is 3040. The molecule has 0 bridgehead atoms. The first kappa shape index (κ1) is 58.5. The summed E-state index contributed by atoms with van der Waals surface area (Å²) < 4.78 is 61.8. The average Bonchev–Trinajstić information content (AvgIpc) is 3.89. The number of primary amides is 2. The highest BCUT2D eigenvalue weighted by atomic mass is 35.5. The second-order valence-electron chi connectivity index (χ2n) is 20.4. The fourth-order valence-electron chi connectivity index (χ4n) is 8.02. The maximum atomic E-state index is 13.5. The molecule has 3 aromatic carbocycles. The number of nitrogens with one attached hydrogen (secondary N) is 1. The van der Waals surface area contributed by atoms with E-state index in [1.54, 1.807) is 50.2 Å². The number of Topliss-reactive ketones (excluding diaryl/α,β-unsaturated/α-hetero) is 2. The summed E-state index contributed by atoms with van der Waals surface area (Å²) in [5.74, 6) is -0.192. The Hall–Kier alpha value is -6.75. The number of nitrogens with two attached hydrogens (primary N) is 3. The van der Waals surface area contributed by atoms with Crippen LogP contribution in [-0.2, 0) is 42.9 Å². The molecule has 4 heterocycles. The Balaban J connectivity index is 0.000000247. The van der Waals surface area contributed by atoms with Crippen LogP contribution in [0.2, 0.25) is 5.15 Å². The number of aliphatic hydroxyl groups is 2. The van der Waals surface area contributed by atoms with Gasteiger partial charge in [-0.05, 0) is 134 Å². The third-order valence-corrected chi connectivity index (χ3v) is 14.6. The first-order valence-electron chi connectivity index (χ1n) is 24.0. The van der Waals surface area contributed by atoms with Crippen LogP contribution in [0.15, 0.2) is 72.8 Å². The van der Waals surface area contributed by atoms with E-state index in [9.17, 15) is 38.0 Å². The van der Waals surface area contributed by atoms with Crippen LogP contribution in [0.4, 0.5) is 4.39 Å². The molecule has 2 amide bonds. The molecule has 19 nitrogen and oxygen atoms in total. The van der Waals surface area contributed by atoms with Crippen molar-refractivity contribution in [3.05, 3.63) is 117 Å². The standard InChI is InChI=1S/C28H30FN3O6.C26H34ClN3O7S/c1-27(31)15-38-26-19(27)13-23(32-25(26)16-4-7-18(29)8-5-16)28(2,35)11-10-20(33)17-6-9-21(22(12-17)36-3)37-14-24(30)34;1-24(2,3)38(34)30-25(4)14-37-22-16(25)12-20(29-23(22)27)26(5,33)10-9-17(31)15-7-8-18(19(11-15)35-6)36-13-21(28)32/h4-9,12-13,35H,10-11,14-15,31H2,1-3H3,(H2,30,34);7-8,11-12,30,33H,9-10,13-14H2,1-6H3,(H2,28,32). The zero-order valence-electron chi connectivity index (χ0n) is 43.8. The van der Waals surface area contributed by atoms with Gasteiger partial charge in [-0.3, -0.25) is 19.2 Å². The Morgan fingerprint density at radius 1 is 0.724 bits per heavy atom. The number of amides is 2.